The van der Waals surface area contributed by atoms with Crippen LogP contribution in [0.3, 0.4) is 0 Å². The molecule has 2 atom stereocenters. The van der Waals surface area contributed by atoms with Gasteiger partial charge in [-0.25, -0.2) is 4.79 Å². The zero-order chi connectivity index (χ0) is 16.0. The third kappa shape index (κ3) is 5.69. The molecule has 0 aromatic heterocycles. The zero-order valence-corrected chi connectivity index (χ0v) is 12.0. The van der Waals surface area contributed by atoms with E-state index in [1.807, 2.05) is 0 Å². The molecule has 0 fully saturated rings. The second-order valence-corrected chi connectivity index (χ2v) is 5.77. The summed E-state index contributed by atoms with van der Waals surface area (Å²) in [6.07, 6.45) is 0. The fourth-order valence-corrected chi connectivity index (χ4v) is 2.84. The summed E-state index contributed by atoms with van der Waals surface area (Å²) in [7, 11) is -1.52. The molecule has 1 rings (SSSR count). The molecule has 9 heteroatoms. The number of nitro benzene ring substituents is 1. The van der Waals surface area contributed by atoms with Crippen LogP contribution in [-0.2, 0) is 26.1 Å². The molecule has 1 amide bonds. The number of hydrogen-bond acceptors (Lipinski definition) is 5. The lowest BCUT2D eigenvalue weighted by molar-refractivity contribution is -0.384. The van der Waals surface area contributed by atoms with E-state index >= 15 is 0 Å². The lowest BCUT2D eigenvalue weighted by Crippen LogP contribution is -2.43. The second-order valence-electron chi connectivity index (χ2n) is 4.27. The Morgan fingerprint density at radius 1 is 1.38 bits per heavy atom. The van der Waals surface area contributed by atoms with E-state index in [0.717, 1.165) is 0 Å². The molecule has 1 aromatic carbocycles. The van der Waals surface area contributed by atoms with Crippen LogP contribution >= 0.6 is 0 Å². The van der Waals surface area contributed by atoms with Gasteiger partial charge < -0.3 is 10.4 Å². The number of carboxylic acids is 1. The van der Waals surface area contributed by atoms with E-state index < -0.39 is 33.6 Å². The molecule has 0 bridgehead atoms. The van der Waals surface area contributed by atoms with Gasteiger partial charge in [0.15, 0.2) is 0 Å². The van der Waals surface area contributed by atoms with Crippen LogP contribution in [0.4, 0.5) is 5.69 Å². The van der Waals surface area contributed by atoms with Gasteiger partial charge in [0.2, 0.25) is 5.91 Å². The number of nitrogens with zero attached hydrogens (tertiary/aromatic N) is 1. The number of carbonyl (C=O) groups excluding carboxylic acids is 1. The monoisotopic (exact) mass is 314 g/mol. The van der Waals surface area contributed by atoms with Crippen LogP contribution in [0.5, 0.6) is 0 Å². The molecule has 2 N–H and O–H groups in total. The van der Waals surface area contributed by atoms with Gasteiger partial charge in [-0.05, 0) is 5.56 Å². The molecule has 8 nitrogen and oxygen atoms in total. The summed E-state index contributed by atoms with van der Waals surface area (Å²) < 4.78 is 11.9. The summed E-state index contributed by atoms with van der Waals surface area (Å²) in [6.45, 7) is 1.18. The normalized spacial score (nSPS) is 13.2. The number of rotatable bonds is 7. The minimum absolute atomic E-state index is 0.0569. The summed E-state index contributed by atoms with van der Waals surface area (Å²) in [5, 5.41) is 21.6. The predicted octanol–water partition coefficient (Wildman–Crippen LogP) is 0.433. The van der Waals surface area contributed by atoms with Crippen molar-refractivity contribution in [2.75, 3.05) is 5.75 Å². The quantitative estimate of drug-likeness (QED) is 0.555. The minimum Gasteiger partial charge on any atom is -0.480 e. The van der Waals surface area contributed by atoms with Crippen molar-refractivity contribution in [2.45, 2.75) is 18.7 Å². The minimum atomic E-state index is -1.52. The highest BCUT2D eigenvalue weighted by atomic mass is 32.2. The predicted molar refractivity (Wildman–Crippen MR) is 75.1 cm³/mol. The topological polar surface area (TPSA) is 127 Å². The number of nitro groups is 1. The van der Waals surface area contributed by atoms with E-state index in [4.69, 9.17) is 5.11 Å². The summed E-state index contributed by atoms with van der Waals surface area (Å²) >= 11 is 0. The highest BCUT2D eigenvalue weighted by Crippen LogP contribution is 2.13. The van der Waals surface area contributed by atoms with Crippen LogP contribution < -0.4 is 5.32 Å². The maximum Gasteiger partial charge on any atom is 0.327 e. The van der Waals surface area contributed by atoms with Crippen molar-refractivity contribution in [3.05, 3.63) is 39.9 Å². The van der Waals surface area contributed by atoms with Gasteiger partial charge in [-0.1, -0.05) is 12.1 Å². The van der Waals surface area contributed by atoms with Crippen molar-refractivity contribution in [3.8, 4) is 0 Å². The van der Waals surface area contributed by atoms with Gasteiger partial charge in [0.05, 0.1) is 10.7 Å². The Hall–Kier alpha value is -2.29. The van der Waals surface area contributed by atoms with E-state index in [1.165, 1.54) is 31.2 Å². The third-order valence-corrected chi connectivity index (χ3v) is 3.86. The van der Waals surface area contributed by atoms with E-state index in [9.17, 15) is 23.9 Å². The van der Waals surface area contributed by atoms with Crippen LogP contribution in [0, 0.1) is 10.1 Å². The zero-order valence-electron chi connectivity index (χ0n) is 11.1. The Morgan fingerprint density at radius 3 is 2.38 bits per heavy atom. The number of non-ortho nitro benzene ring substituents is 1. The highest BCUT2D eigenvalue weighted by molar-refractivity contribution is 7.84. The first kappa shape index (κ1) is 16.8. The fraction of sp³-hybridized carbons (Fsp3) is 0.333. The van der Waals surface area contributed by atoms with Gasteiger partial charge in [0, 0.05) is 35.6 Å². The van der Waals surface area contributed by atoms with Crippen LogP contribution in [0.2, 0.25) is 0 Å². The number of carboxylic acid groups (broad SMARTS) is 1. The molecule has 0 aliphatic carbocycles. The van der Waals surface area contributed by atoms with Gasteiger partial charge in [-0.3, -0.25) is 19.1 Å². The Bertz CT molecular complexity index is 572. The molecule has 0 radical (unpaired) electrons. The van der Waals surface area contributed by atoms with Crippen molar-refractivity contribution in [1.29, 1.82) is 0 Å². The molecular weight excluding hydrogens is 300 g/mol. The molecule has 0 saturated heterocycles. The summed E-state index contributed by atoms with van der Waals surface area (Å²) in [6, 6.07) is 4.28. The van der Waals surface area contributed by atoms with Crippen LogP contribution in [0.1, 0.15) is 12.5 Å². The molecule has 0 spiro atoms. The van der Waals surface area contributed by atoms with E-state index in [2.05, 4.69) is 5.32 Å². The number of benzene rings is 1. The molecule has 1 aromatic rings. The highest BCUT2D eigenvalue weighted by Gasteiger charge is 2.21. The molecule has 2 unspecified atom stereocenters. The number of nitrogens with one attached hydrogen (secondary N) is 1. The average Bonchev–Trinajstić information content (AvgIpc) is 2.37. The molecule has 114 valence electrons. The first-order valence-corrected chi connectivity index (χ1v) is 7.36. The number of amides is 1. The smallest absolute Gasteiger partial charge is 0.327 e. The maximum atomic E-state index is 11.9. The largest absolute Gasteiger partial charge is 0.480 e. The lowest BCUT2D eigenvalue weighted by Gasteiger charge is -2.12. The maximum absolute atomic E-state index is 11.9. The van der Waals surface area contributed by atoms with Crippen LogP contribution in [0.15, 0.2) is 24.3 Å². The van der Waals surface area contributed by atoms with Crippen molar-refractivity contribution in [2.24, 2.45) is 0 Å². The molecule has 0 aliphatic rings. The first-order valence-electron chi connectivity index (χ1n) is 5.88. The van der Waals surface area contributed by atoms with Crippen molar-refractivity contribution < 1.29 is 23.8 Å². The molecule has 0 heterocycles. The Kier molecular flexibility index (Phi) is 5.97. The third-order valence-electron chi connectivity index (χ3n) is 2.50. The average molecular weight is 314 g/mol. The summed E-state index contributed by atoms with van der Waals surface area (Å²) in [4.78, 5) is 31.7. The second kappa shape index (κ2) is 7.48. The molecule has 21 heavy (non-hydrogen) atoms. The van der Waals surface area contributed by atoms with Gasteiger partial charge in [0.25, 0.3) is 5.69 Å². The first-order chi connectivity index (χ1) is 9.79. The Morgan fingerprint density at radius 2 is 1.95 bits per heavy atom. The fourth-order valence-electron chi connectivity index (χ4n) is 1.56. The van der Waals surface area contributed by atoms with Gasteiger partial charge in [-0.2, -0.15) is 0 Å². The number of carbonyl (C=O) groups is 2. The standard InChI is InChI=1S/C12H14N2O6S/c1-8(15)13-11(12(16)17)7-21(20)6-9-2-4-10(5-3-9)14(18)19/h2-5,11H,6-7H2,1H3,(H,13,15)(H,16,17). The van der Waals surface area contributed by atoms with Crippen molar-refractivity contribution in [1.82, 2.24) is 5.32 Å². The molecular formula is C12H14N2O6S. The van der Waals surface area contributed by atoms with Crippen molar-refractivity contribution in [3.63, 3.8) is 0 Å². The molecule has 0 saturated carbocycles. The van der Waals surface area contributed by atoms with E-state index in [0.29, 0.717) is 5.56 Å². The van der Waals surface area contributed by atoms with E-state index in [-0.39, 0.29) is 17.2 Å². The van der Waals surface area contributed by atoms with Crippen LogP contribution in [-0.4, -0.2) is 37.9 Å². The van der Waals surface area contributed by atoms with Crippen molar-refractivity contribution >= 4 is 28.4 Å². The van der Waals surface area contributed by atoms with Crippen LogP contribution in [0.25, 0.3) is 0 Å². The number of hydrogen-bond donors (Lipinski definition) is 2. The lowest BCUT2D eigenvalue weighted by atomic mass is 10.2. The Labute approximate surface area is 122 Å². The Balaban J connectivity index is 2.65. The van der Waals surface area contributed by atoms with Gasteiger partial charge in [0.1, 0.15) is 6.04 Å². The summed E-state index contributed by atoms with van der Waals surface area (Å²) in [5.41, 5.74) is 0.511. The number of aliphatic carboxylic acids is 1. The SMILES string of the molecule is CC(=O)NC(CS(=O)Cc1ccc([N+](=O)[O-])cc1)C(=O)O. The van der Waals surface area contributed by atoms with Gasteiger partial charge >= 0.3 is 5.97 Å². The van der Waals surface area contributed by atoms with Gasteiger partial charge in [-0.15, -0.1) is 0 Å². The van der Waals surface area contributed by atoms with E-state index in [1.54, 1.807) is 0 Å². The summed E-state index contributed by atoms with van der Waals surface area (Å²) in [5.74, 6) is -1.95. The molecule has 0 aliphatic heterocycles.